The van der Waals surface area contributed by atoms with Crippen LogP contribution in [0.4, 0.5) is 5.69 Å². The topological polar surface area (TPSA) is 41.6 Å². The molecule has 1 atom stereocenters. The Hall–Kier alpha value is -2.17. The van der Waals surface area contributed by atoms with Crippen LogP contribution >= 0.6 is 0 Å². The molecule has 0 aliphatic carbocycles. The second kappa shape index (κ2) is 8.08. The molecule has 4 nitrogen and oxygen atoms in total. The number of aryl methyl sites for hydroxylation is 1. The number of rotatable bonds is 5. The van der Waals surface area contributed by atoms with Crippen LogP contribution in [-0.2, 0) is 16.0 Å². The Balaban J connectivity index is 1.56. The lowest BCUT2D eigenvalue weighted by atomic mass is 10.1. The van der Waals surface area contributed by atoms with Crippen molar-refractivity contribution in [1.82, 2.24) is 4.90 Å². The molecule has 2 aromatic carbocycles. The zero-order valence-electron chi connectivity index (χ0n) is 14.1. The highest BCUT2D eigenvalue weighted by molar-refractivity contribution is 5.92. The first kappa shape index (κ1) is 16.7. The van der Waals surface area contributed by atoms with Crippen LogP contribution in [0.5, 0.6) is 0 Å². The monoisotopic (exact) mass is 324 g/mol. The maximum atomic E-state index is 12.3. The summed E-state index contributed by atoms with van der Waals surface area (Å²) in [6, 6.07) is 18.2. The second-order valence-electron chi connectivity index (χ2n) is 6.11. The molecule has 0 spiro atoms. The lowest BCUT2D eigenvalue weighted by Gasteiger charge is -2.32. The van der Waals surface area contributed by atoms with Gasteiger partial charge in [-0.25, -0.2) is 0 Å². The summed E-state index contributed by atoms with van der Waals surface area (Å²) in [6.45, 7) is 4.68. The summed E-state index contributed by atoms with van der Waals surface area (Å²) in [4.78, 5) is 14.5. The molecular formula is C20H24N2O2. The van der Waals surface area contributed by atoms with E-state index >= 15 is 0 Å². The summed E-state index contributed by atoms with van der Waals surface area (Å²) >= 11 is 0. The largest absolute Gasteiger partial charge is 0.371 e. The van der Waals surface area contributed by atoms with Crippen LogP contribution in [0.3, 0.4) is 0 Å². The van der Waals surface area contributed by atoms with E-state index in [9.17, 15) is 4.79 Å². The summed E-state index contributed by atoms with van der Waals surface area (Å²) in [6.07, 6.45) is 1.00. The SMILES string of the molecule is CCc1cccc(NC(=O)CN2CCOC(c3ccccc3)C2)c1. The van der Waals surface area contributed by atoms with Gasteiger partial charge in [0.05, 0.1) is 19.3 Å². The number of amides is 1. The van der Waals surface area contributed by atoms with Gasteiger partial charge in [0.1, 0.15) is 0 Å². The summed E-state index contributed by atoms with van der Waals surface area (Å²) in [7, 11) is 0. The van der Waals surface area contributed by atoms with Gasteiger partial charge >= 0.3 is 0 Å². The van der Waals surface area contributed by atoms with Crippen LogP contribution in [0.25, 0.3) is 0 Å². The fraction of sp³-hybridized carbons (Fsp3) is 0.350. The van der Waals surface area contributed by atoms with Crippen molar-refractivity contribution in [3.8, 4) is 0 Å². The summed E-state index contributed by atoms with van der Waals surface area (Å²) < 4.78 is 5.85. The number of nitrogens with zero attached hydrogens (tertiary/aromatic N) is 1. The number of ether oxygens (including phenoxy) is 1. The molecule has 0 saturated carbocycles. The maximum Gasteiger partial charge on any atom is 0.238 e. The fourth-order valence-electron chi connectivity index (χ4n) is 2.99. The van der Waals surface area contributed by atoms with Gasteiger partial charge in [0.15, 0.2) is 0 Å². The third kappa shape index (κ3) is 4.43. The van der Waals surface area contributed by atoms with E-state index in [2.05, 4.69) is 35.3 Å². The Labute approximate surface area is 143 Å². The molecule has 1 aliphatic heterocycles. The standard InChI is InChI=1S/C20H24N2O2/c1-2-16-7-6-10-18(13-16)21-20(23)15-22-11-12-24-19(14-22)17-8-4-3-5-9-17/h3-10,13,19H,2,11-12,14-15H2,1H3,(H,21,23). The van der Waals surface area contributed by atoms with E-state index in [-0.39, 0.29) is 12.0 Å². The fourth-order valence-corrected chi connectivity index (χ4v) is 2.99. The van der Waals surface area contributed by atoms with Crippen molar-refractivity contribution < 1.29 is 9.53 Å². The third-order valence-electron chi connectivity index (χ3n) is 4.31. The van der Waals surface area contributed by atoms with Crippen LogP contribution in [0.2, 0.25) is 0 Å². The van der Waals surface area contributed by atoms with Crippen molar-refractivity contribution in [3.05, 3.63) is 65.7 Å². The highest BCUT2D eigenvalue weighted by Gasteiger charge is 2.23. The lowest BCUT2D eigenvalue weighted by molar-refractivity contribution is -0.119. The van der Waals surface area contributed by atoms with Crippen LogP contribution in [0.1, 0.15) is 24.2 Å². The molecule has 1 amide bonds. The van der Waals surface area contributed by atoms with Crippen molar-refractivity contribution >= 4 is 11.6 Å². The zero-order chi connectivity index (χ0) is 16.8. The van der Waals surface area contributed by atoms with Crippen molar-refractivity contribution in [2.24, 2.45) is 0 Å². The Bertz CT molecular complexity index is 672. The lowest BCUT2D eigenvalue weighted by Crippen LogP contribution is -2.42. The first-order valence-electron chi connectivity index (χ1n) is 8.52. The highest BCUT2D eigenvalue weighted by Crippen LogP contribution is 2.21. The Morgan fingerprint density at radius 3 is 2.83 bits per heavy atom. The van der Waals surface area contributed by atoms with E-state index in [0.717, 1.165) is 25.2 Å². The number of carbonyl (C=O) groups excluding carboxylic acids is 1. The third-order valence-corrected chi connectivity index (χ3v) is 4.31. The first-order chi connectivity index (χ1) is 11.7. The second-order valence-corrected chi connectivity index (χ2v) is 6.11. The first-order valence-corrected chi connectivity index (χ1v) is 8.52. The molecular weight excluding hydrogens is 300 g/mol. The average Bonchev–Trinajstić information content (AvgIpc) is 2.63. The van der Waals surface area contributed by atoms with Crippen molar-refractivity contribution in [2.45, 2.75) is 19.4 Å². The molecule has 1 N–H and O–H groups in total. The predicted octanol–water partition coefficient (Wildman–Crippen LogP) is 3.26. The zero-order valence-corrected chi connectivity index (χ0v) is 14.1. The molecule has 0 radical (unpaired) electrons. The van der Waals surface area contributed by atoms with Gasteiger partial charge in [-0.2, -0.15) is 0 Å². The number of benzene rings is 2. The number of morpholine rings is 1. The molecule has 2 aromatic rings. The van der Waals surface area contributed by atoms with Crippen molar-refractivity contribution in [2.75, 3.05) is 31.6 Å². The van der Waals surface area contributed by atoms with E-state index < -0.39 is 0 Å². The van der Waals surface area contributed by atoms with Crippen LogP contribution in [0.15, 0.2) is 54.6 Å². The van der Waals surface area contributed by atoms with E-state index in [1.54, 1.807) is 0 Å². The Morgan fingerprint density at radius 2 is 2.04 bits per heavy atom. The minimum absolute atomic E-state index is 0.0250. The molecule has 3 rings (SSSR count). The van der Waals surface area contributed by atoms with E-state index in [0.29, 0.717) is 13.2 Å². The number of carbonyl (C=O) groups is 1. The van der Waals surface area contributed by atoms with Crippen molar-refractivity contribution in [1.29, 1.82) is 0 Å². The molecule has 4 heteroatoms. The number of hydrogen-bond acceptors (Lipinski definition) is 3. The van der Waals surface area contributed by atoms with Gasteiger partial charge in [-0.05, 0) is 29.7 Å². The predicted molar refractivity (Wildman–Crippen MR) is 96.0 cm³/mol. The smallest absolute Gasteiger partial charge is 0.238 e. The Morgan fingerprint density at radius 1 is 1.21 bits per heavy atom. The van der Waals surface area contributed by atoms with E-state index in [1.165, 1.54) is 11.1 Å². The number of anilines is 1. The molecule has 0 aromatic heterocycles. The summed E-state index contributed by atoms with van der Waals surface area (Å²) in [5, 5.41) is 3.00. The van der Waals surface area contributed by atoms with Gasteiger partial charge in [-0.3, -0.25) is 9.69 Å². The molecule has 1 saturated heterocycles. The minimum atomic E-state index is 0.0250. The minimum Gasteiger partial charge on any atom is -0.371 e. The highest BCUT2D eigenvalue weighted by atomic mass is 16.5. The molecule has 1 aliphatic rings. The summed E-state index contributed by atoms with van der Waals surface area (Å²) in [5.41, 5.74) is 3.26. The van der Waals surface area contributed by atoms with Gasteiger partial charge in [-0.1, -0.05) is 49.4 Å². The molecule has 126 valence electrons. The van der Waals surface area contributed by atoms with Crippen LogP contribution < -0.4 is 5.32 Å². The molecule has 1 unspecified atom stereocenters. The van der Waals surface area contributed by atoms with Crippen LogP contribution in [0, 0.1) is 0 Å². The molecule has 0 bridgehead atoms. The summed E-state index contributed by atoms with van der Waals surface area (Å²) in [5.74, 6) is 0.0250. The van der Waals surface area contributed by atoms with E-state index in [4.69, 9.17) is 4.74 Å². The molecule has 24 heavy (non-hydrogen) atoms. The quantitative estimate of drug-likeness (QED) is 0.918. The maximum absolute atomic E-state index is 12.3. The molecule has 1 heterocycles. The number of nitrogens with one attached hydrogen (secondary N) is 1. The van der Waals surface area contributed by atoms with Gasteiger partial charge in [0, 0.05) is 18.8 Å². The van der Waals surface area contributed by atoms with Gasteiger partial charge < -0.3 is 10.1 Å². The van der Waals surface area contributed by atoms with Gasteiger partial charge in [0.2, 0.25) is 5.91 Å². The van der Waals surface area contributed by atoms with E-state index in [1.807, 2.05) is 36.4 Å². The average molecular weight is 324 g/mol. The Kier molecular flexibility index (Phi) is 5.62. The van der Waals surface area contributed by atoms with Crippen LogP contribution in [-0.4, -0.2) is 37.0 Å². The number of hydrogen-bond donors (Lipinski definition) is 1. The van der Waals surface area contributed by atoms with Gasteiger partial charge in [-0.15, -0.1) is 0 Å². The molecule has 1 fully saturated rings. The van der Waals surface area contributed by atoms with Crippen molar-refractivity contribution in [3.63, 3.8) is 0 Å². The van der Waals surface area contributed by atoms with Gasteiger partial charge in [0.25, 0.3) is 0 Å². The normalized spacial score (nSPS) is 18.3.